The molecule has 0 saturated heterocycles. The second kappa shape index (κ2) is 7.00. The number of hydrogen-bond donors (Lipinski definition) is 1. The van der Waals surface area contributed by atoms with E-state index in [1.807, 2.05) is 0 Å². The molecule has 134 valence electrons. The first-order chi connectivity index (χ1) is 11.8. The monoisotopic (exact) mass is 369 g/mol. The second-order valence-electron chi connectivity index (χ2n) is 6.14. The van der Waals surface area contributed by atoms with Crippen molar-refractivity contribution in [2.75, 3.05) is 0 Å². The Morgan fingerprint density at radius 3 is 2.60 bits per heavy atom. The highest BCUT2D eigenvalue weighted by Crippen LogP contribution is 2.27. The lowest BCUT2D eigenvalue weighted by molar-refractivity contribution is 0.0888. The fraction of sp³-hybridized carbons (Fsp3) is 0.412. The first-order valence-corrected chi connectivity index (χ1v) is 8.35. The largest absolute Gasteiger partial charge is 0.488 e. The van der Waals surface area contributed by atoms with E-state index < -0.39 is 11.6 Å². The lowest BCUT2D eigenvalue weighted by Crippen LogP contribution is -2.42. The Morgan fingerprint density at radius 2 is 2.00 bits per heavy atom. The van der Waals surface area contributed by atoms with Crippen LogP contribution < -0.4 is 10.1 Å². The van der Waals surface area contributed by atoms with Gasteiger partial charge in [0.15, 0.2) is 5.69 Å². The molecule has 25 heavy (non-hydrogen) atoms. The third kappa shape index (κ3) is 3.76. The molecular formula is C17H18ClF2N3O2. The Labute approximate surface area is 148 Å². The highest BCUT2D eigenvalue weighted by atomic mass is 35.5. The SMILES string of the molecule is Cc1c(Cl)c(C(=O)N[C@H]2CCC[C@H]2Oc2cc(F)cc(F)c2)nn1C. The predicted octanol–water partition coefficient (Wildman–Crippen LogP) is 3.39. The van der Waals surface area contributed by atoms with E-state index in [4.69, 9.17) is 16.3 Å². The van der Waals surface area contributed by atoms with Crippen LogP contribution in [0.3, 0.4) is 0 Å². The van der Waals surface area contributed by atoms with Gasteiger partial charge in [0.25, 0.3) is 5.91 Å². The van der Waals surface area contributed by atoms with Crippen LogP contribution in [-0.2, 0) is 7.05 Å². The van der Waals surface area contributed by atoms with Crippen LogP contribution in [0, 0.1) is 18.6 Å². The molecule has 2 aromatic rings. The van der Waals surface area contributed by atoms with Gasteiger partial charge >= 0.3 is 0 Å². The number of hydrogen-bond acceptors (Lipinski definition) is 3. The maximum absolute atomic E-state index is 13.3. The number of aromatic nitrogens is 2. The number of benzene rings is 1. The number of amides is 1. The number of nitrogens with one attached hydrogen (secondary N) is 1. The Bertz CT molecular complexity index is 789. The van der Waals surface area contributed by atoms with Gasteiger partial charge in [-0.05, 0) is 26.2 Å². The van der Waals surface area contributed by atoms with E-state index in [1.165, 1.54) is 4.68 Å². The van der Waals surface area contributed by atoms with Gasteiger partial charge < -0.3 is 10.1 Å². The molecule has 0 radical (unpaired) electrons. The summed E-state index contributed by atoms with van der Waals surface area (Å²) in [7, 11) is 1.71. The molecule has 1 aliphatic carbocycles. The molecule has 0 bridgehead atoms. The van der Waals surface area contributed by atoms with Crippen LogP contribution >= 0.6 is 11.6 Å². The maximum atomic E-state index is 13.3. The molecule has 0 spiro atoms. The minimum atomic E-state index is -0.704. The zero-order chi connectivity index (χ0) is 18.1. The first-order valence-electron chi connectivity index (χ1n) is 7.98. The molecule has 1 aliphatic rings. The summed E-state index contributed by atoms with van der Waals surface area (Å²) in [5.41, 5.74) is 0.852. The lowest BCUT2D eigenvalue weighted by Gasteiger charge is -2.22. The third-order valence-corrected chi connectivity index (χ3v) is 4.82. The van der Waals surface area contributed by atoms with Crippen molar-refractivity contribution >= 4 is 17.5 Å². The number of rotatable bonds is 4. The molecule has 1 aromatic heterocycles. The normalized spacial score (nSPS) is 19.9. The van der Waals surface area contributed by atoms with E-state index >= 15 is 0 Å². The predicted molar refractivity (Wildman–Crippen MR) is 88.8 cm³/mol. The van der Waals surface area contributed by atoms with Crippen molar-refractivity contribution in [3.63, 3.8) is 0 Å². The molecule has 3 rings (SSSR count). The van der Waals surface area contributed by atoms with Crippen LogP contribution in [-0.4, -0.2) is 27.8 Å². The third-order valence-electron chi connectivity index (χ3n) is 4.37. The van der Waals surface area contributed by atoms with Gasteiger partial charge in [-0.25, -0.2) is 8.78 Å². The Hall–Kier alpha value is -2.15. The number of halogens is 3. The average Bonchev–Trinajstić information content (AvgIpc) is 3.06. The smallest absolute Gasteiger partial charge is 0.273 e. The van der Waals surface area contributed by atoms with Gasteiger partial charge in [-0.3, -0.25) is 9.48 Å². The van der Waals surface area contributed by atoms with E-state index in [0.29, 0.717) is 23.6 Å². The summed E-state index contributed by atoms with van der Waals surface area (Å²) in [5.74, 6) is -1.69. The lowest BCUT2D eigenvalue weighted by atomic mass is 10.2. The first kappa shape index (κ1) is 17.7. The summed E-state index contributed by atoms with van der Waals surface area (Å²) in [4.78, 5) is 12.4. The van der Waals surface area contributed by atoms with E-state index in [-0.39, 0.29) is 29.5 Å². The molecule has 1 heterocycles. The summed E-state index contributed by atoms with van der Waals surface area (Å²) in [6.45, 7) is 1.77. The Morgan fingerprint density at radius 1 is 1.32 bits per heavy atom. The van der Waals surface area contributed by atoms with Crippen LogP contribution in [0.4, 0.5) is 8.78 Å². The molecule has 1 N–H and O–H groups in total. The van der Waals surface area contributed by atoms with Crippen LogP contribution in [0.25, 0.3) is 0 Å². The molecule has 1 aromatic carbocycles. The van der Waals surface area contributed by atoms with Crippen LogP contribution in [0.5, 0.6) is 5.75 Å². The topological polar surface area (TPSA) is 56.1 Å². The highest BCUT2D eigenvalue weighted by Gasteiger charge is 2.32. The minimum Gasteiger partial charge on any atom is -0.488 e. The van der Waals surface area contributed by atoms with Gasteiger partial charge in [0.2, 0.25) is 0 Å². The standard InChI is InChI=1S/C17H18ClF2N3O2/c1-9-15(18)16(22-23(9)2)17(24)21-13-4-3-5-14(13)25-12-7-10(19)6-11(20)8-12/h6-8,13-14H,3-5H2,1-2H3,(H,21,24)/t13-,14+/m0/s1. The van der Waals surface area contributed by atoms with Gasteiger partial charge in [-0.15, -0.1) is 0 Å². The summed E-state index contributed by atoms with van der Waals surface area (Å²) < 4.78 is 33.8. The van der Waals surface area contributed by atoms with Crippen LogP contribution in [0.15, 0.2) is 18.2 Å². The average molecular weight is 370 g/mol. The van der Waals surface area contributed by atoms with E-state index in [2.05, 4.69) is 10.4 Å². The van der Waals surface area contributed by atoms with Crippen molar-refractivity contribution in [3.05, 3.63) is 46.2 Å². The Balaban J connectivity index is 1.71. The van der Waals surface area contributed by atoms with E-state index in [9.17, 15) is 13.6 Å². The molecule has 2 atom stereocenters. The summed E-state index contributed by atoms with van der Waals surface area (Å²) >= 11 is 6.14. The van der Waals surface area contributed by atoms with Gasteiger partial charge in [0, 0.05) is 25.2 Å². The summed E-state index contributed by atoms with van der Waals surface area (Å²) in [5, 5.41) is 7.29. The summed E-state index contributed by atoms with van der Waals surface area (Å²) in [6.07, 6.45) is 1.85. The van der Waals surface area contributed by atoms with Crippen molar-refractivity contribution in [1.29, 1.82) is 0 Å². The van der Waals surface area contributed by atoms with Crippen molar-refractivity contribution in [3.8, 4) is 5.75 Å². The zero-order valence-corrected chi connectivity index (χ0v) is 14.6. The molecular weight excluding hydrogens is 352 g/mol. The molecule has 0 aliphatic heterocycles. The van der Waals surface area contributed by atoms with Gasteiger partial charge in [0.1, 0.15) is 23.5 Å². The van der Waals surface area contributed by atoms with Crippen molar-refractivity contribution < 1.29 is 18.3 Å². The van der Waals surface area contributed by atoms with Crippen molar-refractivity contribution in [2.24, 2.45) is 7.05 Å². The number of aryl methyl sites for hydroxylation is 1. The zero-order valence-electron chi connectivity index (χ0n) is 13.9. The highest BCUT2D eigenvalue weighted by molar-refractivity contribution is 6.34. The van der Waals surface area contributed by atoms with Crippen LogP contribution in [0.2, 0.25) is 5.02 Å². The molecule has 5 nitrogen and oxygen atoms in total. The number of ether oxygens (including phenoxy) is 1. The molecule has 0 unspecified atom stereocenters. The van der Waals surface area contributed by atoms with Gasteiger partial charge in [-0.1, -0.05) is 11.6 Å². The van der Waals surface area contributed by atoms with Gasteiger partial charge in [0.05, 0.1) is 16.8 Å². The number of carbonyl (C=O) groups is 1. The van der Waals surface area contributed by atoms with E-state index in [1.54, 1.807) is 14.0 Å². The minimum absolute atomic E-state index is 0.107. The van der Waals surface area contributed by atoms with E-state index in [0.717, 1.165) is 24.6 Å². The fourth-order valence-electron chi connectivity index (χ4n) is 2.97. The fourth-order valence-corrected chi connectivity index (χ4v) is 3.21. The molecule has 1 saturated carbocycles. The molecule has 8 heteroatoms. The Kier molecular flexibility index (Phi) is 4.94. The van der Waals surface area contributed by atoms with Gasteiger partial charge in [-0.2, -0.15) is 5.10 Å². The quantitative estimate of drug-likeness (QED) is 0.898. The maximum Gasteiger partial charge on any atom is 0.273 e. The summed E-state index contributed by atoms with van der Waals surface area (Å²) in [6, 6.07) is 2.75. The van der Waals surface area contributed by atoms with Crippen molar-refractivity contribution in [1.82, 2.24) is 15.1 Å². The van der Waals surface area contributed by atoms with Crippen molar-refractivity contribution in [2.45, 2.75) is 38.3 Å². The second-order valence-corrected chi connectivity index (χ2v) is 6.52. The number of carbonyl (C=O) groups excluding carboxylic acids is 1. The number of nitrogens with zero attached hydrogens (tertiary/aromatic N) is 2. The van der Waals surface area contributed by atoms with Crippen LogP contribution in [0.1, 0.15) is 35.4 Å². The molecule has 1 amide bonds. The molecule has 1 fully saturated rings.